The van der Waals surface area contributed by atoms with E-state index in [0.29, 0.717) is 12.0 Å². The molecule has 0 aromatic heterocycles. The molecule has 0 radical (unpaired) electrons. The highest BCUT2D eigenvalue weighted by Gasteiger charge is 2.35. The first kappa shape index (κ1) is 12.0. The van der Waals surface area contributed by atoms with Gasteiger partial charge in [0.25, 0.3) is 0 Å². The number of nitrogens with one attached hydrogen (secondary N) is 1. The number of hydrogen-bond donors (Lipinski definition) is 2. The first-order chi connectivity index (χ1) is 8.22. The molecule has 2 atom stereocenters. The van der Waals surface area contributed by atoms with E-state index in [1.165, 1.54) is 18.4 Å². The van der Waals surface area contributed by atoms with Crippen LogP contribution < -0.4 is 11.1 Å². The average molecular weight is 231 g/mol. The Morgan fingerprint density at radius 1 is 1.35 bits per heavy atom. The zero-order valence-electron chi connectivity index (χ0n) is 10.6. The van der Waals surface area contributed by atoms with Crippen molar-refractivity contribution in [1.82, 2.24) is 0 Å². The van der Waals surface area contributed by atoms with Gasteiger partial charge < -0.3 is 11.1 Å². The summed E-state index contributed by atoms with van der Waals surface area (Å²) in [5.74, 6) is 1.29. The summed E-state index contributed by atoms with van der Waals surface area (Å²) in [5.41, 5.74) is 8.22. The molecule has 3 N–H and O–H groups in total. The highest BCUT2D eigenvalue weighted by Crippen LogP contribution is 2.36. The minimum Gasteiger partial charge on any atom is -0.370 e. The number of hydrogen-bond acceptors (Lipinski definition) is 1. The molecule has 2 rings (SSSR count). The number of anilines is 1. The molecule has 1 saturated carbocycles. The summed E-state index contributed by atoms with van der Waals surface area (Å²) in [5, 5.41) is 3.14. The Balaban J connectivity index is 1.91. The molecule has 0 unspecified atom stereocenters. The van der Waals surface area contributed by atoms with Crippen LogP contribution in [0.1, 0.15) is 32.3 Å². The molecule has 92 valence electrons. The lowest BCUT2D eigenvalue weighted by Crippen LogP contribution is -2.23. The molecule has 3 heteroatoms. The Morgan fingerprint density at radius 2 is 2.06 bits per heavy atom. The summed E-state index contributed by atoms with van der Waals surface area (Å²) < 4.78 is 0. The van der Waals surface area contributed by atoms with Gasteiger partial charge in [-0.2, -0.15) is 0 Å². The van der Waals surface area contributed by atoms with Crippen LogP contribution in [0.3, 0.4) is 0 Å². The highest BCUT2D eigenvalue weighted by molar-refractivity contribution is 5.92. The van der Waals surface area contributed by atoms with Crippen LogP contribution >= 0.6 is 0 Å². The van der Waals surface area contributed by atoms with Crippen molar-refractivity contribution < 1.29 is 0 Å². The number of nitrogens with two attached hydrogens (primary N) is 1. The van der Waals surface area contributed by atoms with Crippen LogP contribution in [0.15, 0.2) is 29.3 Å². The van der Waals surface area contributed by atoms with Gasteiger partial charge in [0.15, 0.2) is 5.96 Å². The van der Waals surface area contributed by atoms with Crippen molar-refractivity contribution in [1.29, 1.82) is 0 Å². The monoisotopic (exact) mass is 231 g/mol. The van der Waals surface area contributed by atoms with Crippen LogP contribution in [-0.4, -0.2) is 12.0 Å². The third-order valence-corrected chi connectivity index (χ3v) is 3.35. The molecule has 1 aliphatic rings. The van der Waals surface area contributed by atoms with E-state index in [1.54, 1.807) is 0 Å². The van der Waals surface area contributed by atoms with E-state index in [0.717, 1.165) is 18.0 Å². The fraction of sp³-hybridized carbons (Fsp3) is 0.500. The maximum Gasteiger partial charge on any atom is 0.193 e. The predicted octanol–water partition coefficient (Wildman–Crippen LogP) is 2.77. The number of aryl methyl sites for hydroxylation is 1. The van der Waals surface area contributed by atoms with Crippen molar-refractivity contribution in [2.75, 3.05) is 5.32 Å². The van der Waals surface area contributed by atoms with E-state index in [-0.39, 0.29) is 0 Å². The third-order valence-electron chi connectivity index (χ3n) is 3.35. The van der Waals surface area contributed by atoms with Crippen molar-refractivity contribution in [3.8, 4) is 0 Å². The molecule has 0 bridgehead atoms. The zero-order valence-corrected chi connectivity index (χ0v) is 10.6. The summed E-state index contributed by atoms with van der Waals surface area (Å²) in [4.78, 5) is 4.46. The minimum absolute atomic E-state index is 0.447. The minimum atomic E-state index is 0.447. The fourth-order valence-electron chi connectivity index (χ4n) is 2.01. The van der Waals surface area contributed by atoms with Crippen LogP contribution in [0.2, 0.25) is 0 Å². The normalized spacial score (nSPS) is 23.5. The van der Waals surface area contributed by atoms with Crippen LogP contribution in [0.5, 0.6) is 0 Å². The Kier molecular flexibility index (Phi) is 3.67. The van der Waals surface area contributed by atoms with E-state index in [2.05, 4.69) is 36.3 Å². The second-order valence-corrected chi connectivity index (χ2v) is 4.66. The number of nitrogens with zero attached hydrogens (tertiary/aromatic N) is 1. The molecule has 1 aromatic rings. The number of aliphatic imine (C=N–C) groups is 1. The number of guanidine groups is 1. The average Bonchev–Trinajstić information content (AvgIpc) is 3.08. The quantitative estimate of drug-likeness (QED) is 0.618. The van der Waals surface area contributed by atoms with Gasteiger partial charge in [0.2, 0.25) is 0 Å². The van der Waals surface area contributed by atoms with Gasteiger partial charge in [-0.15, -0.1) is 0 Å². The first-order valence-electron chi connectivity index (χ1n) is 6.42. The predicted molar refractivity (Wildman–Crippen MR) is 73.3 cm³/mol. The van der Waals surface area contributed by atoms with Crippen molar-refractivity contribution in [3.05, 3.63) is 29.8 Å². The van der Waals surface area contributed by atoms with Crippen LogP contribution in [0, 0.1) is 5.92 Å². The summed E-state index contributed by atoms with van der Waals surface area (Å²) in [6.07, 6.45) is 3.45. The van der Waals surface area contributed by atoms with Crippen LogP contribution in [-0.2, 0) is 6.42 Å². The molecular formula is C14H21N3. The van der Waals surface area contributed by atoms with Crippen molar-refractivity contribution in [2.45, 2.75) is 39.2 Å². The smallest absolute Gasteiger partial charge is 0.193 e. The van der Waals surface area contributed by atoms with E-state index >= 15 is 0 Å². The lowest BCUT2D eigenvalue weighted by Gasteiger charge is -2.06. The third kappa shape index (κ3) is 3.22. The largest absolute Gasteiger partial charge is 0.370 e. The Bertz CT molecular complexity index is 394. The summed E-state index contributed by atoms with van der Waals surface area (Å²) in [6.45, 7) is 4.35. The van der Waals surface area contributed by atoms with Gasteiger partial charge in [-0.3, -0.25) is 0 Å². The van der Waals surface area contributed by atoms with Crippen LogP contribution in [0.25, 0.3) is 0 Å². The Morgan fingerprint density at radius 3 is 2.59 bits per heavy atom. The molecule has 0 heterocycles. The molecule has 17 heavy (non-hydrogen) atoms. The maximum absolute atomic E-state index is 5.87. The molecule has 0 spiro atoms. The van der Waals surface area contributed by atoms with Gasteiger partial charge >= 0.3 is 0 Å². The fourth-order valence-corrected chi connectivity index (χ4v) is 2.01. The number of benzene rings is 1. The summed E-state index contributed by atoms with van der Waals surface area (Å²) in [6, 6.07) is 8.77. The Hall–Kier alpha value is -1.51. The molecular weight excluding hydrogens is 210 g/mol. The lowest BCUT2D eigenvalue weighted by atomic mass is 10.1. The standard InChI is InChI=1S/C14H21N3/c1-3-10-5-7-12(8-6-10)16-14(15)17-13-9-11(13)4-2/h5-8,11,13H,3-4,9H2,1-2H3,(H3,15,16,17)/t11-,13-/m1/s1. The van der Waals surface area contributed by atoms with Crippen molar-refractivity contribution >= 4 is 11.6 Å². The number of rotatable bonds is 4. The van der Waals surface area contributed by atoms with Gasteiger partial charge in [0.05, 0.1) is 6.04 Å². The van der Waals surface area contributed by atoms with Gasteiger partial charge in [-0.05, 0) is 36.5 Å². The van der Waals surface area contributed by atoms with Gasteiger partial charge in [-0.1, -0.05) is 32.4 Å². The van der Waals surface area contributed by atoms with E-state index in [1.807, 2.05) is 12.1 Å². The molecule has 1 aliphatic carbocycles. The second-order valence-electron chi connectivity index (χ2n) is 4.66. The van der Waals surface area contributed by atoms with Gasteiger partial charge in [0.1, 0.15) is 0 Å². The highest BCUT2D eigenvalue weighted by atomic mass is 15.1. The molecule has 0 saturated heterocycles. The van der Waals surface area contributed by atoms with Crippen LogP contribution in [0.4, 0.5) is 5.69 Å². The maximum atomic E-state index is 5.87. The van der Waals surface area contributed by atoms with Crippen molar-refractivity contribution in [2.24, 2.45) is 16.6 Å². The van der Waals surface area contributed by atoms with Gasteiger partial charge in [-0.25, -0.2) is 4.99 Å². The lowest BCUT2D eigenvalue weighted by molar-refractivity contribution is 0.759. The molecule has 1 aromatic carbocycles. The molecule has 0 amide bonds. The van der Waals surface area contributed by atoms with E-state index in [4.69, 9.17) is 5.73 Å². The molecule has 1 fully saturated rings. The topological polar surface area (TPSA) is 50.4 Å². The molecule has 0 aliphatic heterocycles. The second kappa shape index (κ2) is 5.21. The van der Waals surface area contributed by atoms with Gasteiger partial charge in [0, 0.05) is 5.69 Å². The zero-order chi connectivity index (χ0) is 12.3. The first-order valence-corrected chi connectivity index (χ1v) is 6.42. The van der Waals surface area contributed by atoms with E-state index in [9.17, 15) is 0 Å². The van der Waals surface area contributed by atoms with Crippen molar-refractivity contribution in [3.63, 3.8) is 0 Å². The SMILES string of the molecule is CCc1ccc(NC(N)=N[C@@H]2C[C@H]2CC)cc1. The Labute approximate surface area is 103 Å². The molecule has 3 nitrogen and oxygen atoms in total. The summed E-state index contributed by atoms with van der Waals surface area (Å²) in [7, 11) is 0. The van der Waals surface area contributed by atoms with E-state index < -0.39 is 0 Å². The summed E-state index contributed by atoms with van der Waals surface area (Å²) >= 11 is 0.